The van der Waals surface area contributed by atoms with E-state index in [-0.39, 0.29) is 5.91 Å². The lowest BCUT2D eigenvalue weighted by Gasteiger charge is -2.21. The molecular formula is C20H28N2O2. The molecule has 0 atom stereocenters. The summed E-state index contributed by atoms with van der Waals surface area (Å²) in [5.41, 5.74) is 3.27. The highest BCUT2D eigenvalue weighted by atomic mass is 16.5. The zero-order valence-corrected chi connectivity index (χ0v) is 14.6. The smallest absolute Gasteiger partial charge is 0.224 e. The normalized spacial score (nSPS) is 15.7. The Morgan fingerprint density at radius 1 is 1.25 bits per heavy atom. The van der Waals surface area contributed by atoms with Crippen molar-refractivity contribution in [3.05, 3.63) is 35.5 Å². The summed E-state index contributed by atoms with van der Waals surface area (Å²) in [6, 6.07) is 8.14. The highest BCUT2D eigenvalue weighted by Gasteiger charge is 2.14. The van der Waals surface area contributed by atoms with Crippen LogP contribution in [0.5, 0.6) is 0 Å². The molecule has 1 aromatic heterocycles. The Bertz CT molecular complexity index is 671. The van der Waals surface area contributed by atoms with Gasteiger partial charge in [-0.05, 0) is 37.8 Å². The van der Waals surface area contributed by atoms with Gasteiger partial charge in [-0.1, -0.05) is 37.5 Å². The molecule has 4 nitrogen and oxygen atoms in total. The van der Waals surface area contributed by atoms with Gasteiger partial charge >= 0.3 is 0 Å². The summed E-state index contributed by atoms with van der Waals surface area (Å²) in [5.74, 6) is 0.0838. The first kappa shape index (κ1) is 17.0. The number of aromatic amines is 1. The van der Waals surface area contributed by atoms with Crippen LogP contribution in [0.1, 0.15) is 49.8 Å². The minimum atomic E-state index is 0.0838. The molecule has 0 aliphatic heterocycles. The van der Waals surface area contributed by atoms with Gasteiger partial charge in [-0.2, -0.15) is 0 Å². The molecule has 0 radical (unpaired) electrons. The number of nitrogens with one attached hydrogen (secondary N) is 2. The zero-order chi connectivity index (χ0) is 16.8. The van der Waals surface area contributed by atoms with Crippen LogP contribution in [0.3, 0.4) is 0 Å². The quantitative estimate of drug-likeness (QED) is 0.758. The standard InChI is InChI=1S/C20H28N2O2/c1-15-18(17-10-5-6-11-19(17)22-15)14-20(23)21-12-7-13-24-16-8-3-2-4-9-16/h5-6,10-11,16,22H,2-4,7-9,12-14H2,1H3,(H,21,23). The highest BCUT2D eigenvalue weighted by Crippen LogP contribution is 2.22. The van der Waals surface area contributed by atoms with Gasteiger partial charge in [0.25, 0.3) is 0 Å². The van der Waals surface area contributed by atoms with E-state index in [4.69, 9.17) is 4.74 Å². The molecule has 1 aliphatic rings. The molecule has 1 amide bonds. The lowest BCUT2D eigenvalue weighted by Crippen LogP contribution is -2.27. The first-order chi connectivity index (χ1) is 11.7. The second-order valence-electron chi connectivity index (χ2n) is 6.79. The molecule has 1 heterocycles. The summed E-state index contributed by atoms with van der Waals surface area (Å²) in [7, 11) is 0. The van der Waals surface area contributed by atoms with Crippen molar-refractivity contribution in [3.63, 3.8) is 0 Å². The number of hydrogen-bond donors (Lipinski definition) is 2. The first-order valence-electron chi connectivity index (χ1n) is 9.18. The molecule has 130 valence electrons. The summed E-state index contributed by atoms with van der Waals surface area (Å²) in [5, 5.41) is 4.16. The number of carbonyl (C=O) groups is 1. The van der Waals surface area contributed by atoms with E-state index in [2.05, 4.69) is 16.4 Å². The second kappa shape index (κ2) is 8.34. The number of rotatable bonds is 7. The van der Waals surface area contributed by atoms with Crippen LogP contribution < -0.4 is 5.32 Å². The van der Waals surface area contributed by atoms with Gasteiger partial charge < -0.3 is 15.0 Å². The maximum Gasteiger partial charge on any atom is 0.224 e. The molecule has 2 N–H and O–H groups in total. The Labute approximate surface area is 144 Å². The monoisotopic (exact) mass is 328 g/mol. The van der Waals surface area contributed by atoms with E-state index < -0.39 is 0 Å². The topological polar surface area (TPSA) is 54.1 Å². The number of benzene rings is 1. The molecule has 2 aromatic rings. The van der Waals surface area contributed by atoms with Crippen molar-refractivity contribution in [1.29, 1.82) is 0 Å². The highest BCUT2D eigenvalue weighted by molar-refractivity contribution is 5.90. The van der Waals surface area contributed by atoms with Crippen LogP contribution in [0.4, 0.5) is 0 Å². The third kappa shape index (κ3) is 4.38. The van der Waals surface area contributed by atoms with Crippen LogP contribution in [0.25, 0.3) is 10.9 Å². The molecule has 1 aromatic carbocycles. The zero-order valence-electron chi connectivity index (χ0n) is 14.6. The van der Waals surface area contributed by atoms with Crippen molar-refractivity contribution in [1.82, 2.24) is 10.3 Å². The van der Waals surface area contributed by atoms with E-state index in [1.807, 2.05) is 25.1 Å². The van der Waals surface area contributed by atoms with Gasteiger partial charge in [0.05, 0.1) is 12.5 Å². The maximum absolute atomic E-state index is 12.2. The Morgan fingerprint density at radius 3 is 2.88 bits per heavy atom. The van der Waals surface area contributed by atoms with Crippen molar-refractivity contribution in [2.75, 3.05) is 13.2 Å². The van der Waals surface area contributed by atoms with Crippen molar-refractivity contribution >= 4 is 16.8 Å². The van der Waals surface area contributed by atoms with Gasteiger partial charge in [0.1, 0.15) is 0 Å². The van der Waals surface area contributed by atoms with E-state index >= 15 is 0 Å². The fraction of sp³-hybridized carbons (Fsp3) is 0.550. The third-order valence-corrected chi connectivity index (χ3v) is 4.91. The molecule has 0 unspecified atom stereocenters. The maximum atomic E-state index is 12.2. The molecule has 24 heavy (non-hydrogen) atoms. The molecule has 0 bridgehead atoms. The number of fused-ring (bicyclic) bond motifs is 1. The predicted molar refractivity (Wildman–Crippen MR) is 97.2 cm³/mol. The molecule has 3 rings (SSSR count). The summed E-state index contributed by atoms with van der Waals surface area (Å²) in [6.45, 7) is 3.46. The molecule has 1 saturated carbocycles. The number of aryl methyl sites for hydroxylation is 1. The Morgan fingerprint density at radius 2 is 2.04 bits per heavy atom. The summed E-state index contributed by atoms with van der Waals surface area (Å²) < 4.78 is 5.89. The fourth-order valence-electron chi connectivity index (χ4n) is 3.57. The number of H-pyrrole nitrogens is 1. The number of aromatic nitrogens is 1. The largest absolute Gasteiger partial charge is 0.378 e. The van der Waals surface area contributed by atoms with Gasteiger partial charge in [0, 0.05) is 29.7 Å². The predicted octanol–water partition coefficient (Wildman–Crippen LogP) is 3.87. The van der Waals surface area contributed by atoms with Crippen molar-refractivity contribution in [3.8, 4) is 0 Å². The van der Waals surface area contributed by atoms with Gasteiger partial charge in [-0.3, -0.25) is 4.79 Å². The van der Waals surface area contributed by atoms with Gasteiger partial charge in [0.15, 0.2) is 0 Å². The van der Waals surface area contributed by atoms with Gasteiger partial charge in [-0.15, -0.1) is 0 Å². The SMILES string of the molecule is Cc1[nH]c2ccccc2c1CC(=O)NCCCOC1CCCCC1. The van der Waals surface area contributed by atoms with Crippen LogP contribution in [0, 0.1) is 6.92 Å². The van der Waals surface area contributed by atoms with E-state index in [0.29, 0.717) is 19.1 Å². The Kier molecular flexibility index (Phi) is 5.91. The van der Waals surface area contributed by atoms with Crippen molar-refractivity contribution < 1.29 is 9.53 Å². The van der Waals surface area contributed by atoms with Gasteiger partial charge in [0.2, 0.25) is 5.91 Å². The van der Waals surface area contributed by atoms with Crippen molar-refractivity contribution in [2.24, 2.45) is 0 Å². The Balaban J connectivity index is 1.40. The van der Waals surface area contributed by atoms with E-state index in [1.54, 1.807) is 0 Å². The number of para-hydroxylation sites is 1. The van der Waals surface area contributed by atoms with Crippen LogP contribution in [-0.2, 0) is 16.0 Å². The summed E-state index contributed by atoms with van der Waals surface area (Å²) in [6.07, 6.45) is 8.11. The molecule has 1 fully saturated rings. The van der Waals surface area contributed by atoms with E-state index in [1.165, 1.54) is 32.1 Å². The van der Waals surface area contributed by atoms with Crippen LogP contribution in [0.2, 0.25) is 0 Å². The van der Waals surface area contributed by atoms with Crippen LogP contribution in [0.15, 0.2) is 24.3 Å². The number of amides is 1. The summed E-state index contributed by atoms with van der Waals surface area (Å²) >= 11 is 0. The average molecular weight is 328 g/mol. The second-order valence-corrected chi connectivity index (χ2v) is 6.79. The van der Waals surface area contributed by atoms with E-state index in [9.17, 15) is 4.79 Å². The molecule has 0 spiro atoms. The van der Waals surface area contributed by atoms with Gasteiger partial charge in [-0.25, -0.2) is 0 Å². The summed E-state index contributed by atoms with van der Waals surface area (Å²) in [4.78, 5) is 15.6. The molecule has 0 saturated heterocycles. The third-order valence-electron chi connectivity index (χ3n) is 4.91. The minimum Gasteiger partial charge on any atom is -0.378 e. The first-order valence-corrected chi connectivity index (χ1v) is 9.18. The lowest BCUT2D eigenvalue weighted by atomic mass is 9.98. The fourth-order valence-corrected chi connectivity index (χ4v) is 3.57. The lowest BCUT2D eigenvalue weighted by molar-refractivity contribution is -0.120. The number of hydrogen-bond acceptors (Lipinski definition) is 2. The molecular weight excluding hydrogens is 300 g/mol. The average Bonchev–Trinajstić information content (AvgIpc) is 2.91. The minimum absolute atomic E-state index is 0.0838. The van der Waals surface area contributed by atoms with Crippen molar-refractivity contribution in [2.45, 2.75) is 58.0 Å². The van der Waals surface area contributed by atoms with Crippen LogP contribution >= 0.6 is 0 Å². The van der Waals surface area contributed by atoms with E-state index in [0.717, 1.165) is 35.2 Å². The Hall–Kier alpha value is -1.81. The van der Waals surface area contributed by atoms with Crippen LogP contribution in [-0.4, -0.2) is 30.1 Å². The number of ether oxygens (including phenoxy) is 1. The molecule has 1 aliphatic carbocycles. The number of carbonyl (C=O) groups excluding carboxylic acids is 1. The molecule has 4 heteroatoms.